The number of nitrogens with zero attached hydrogens (tertiary/aromatic N) is 1. The average molecular weight is 156 g/mol. The molecular formula is C4H5F3NO2. The molecule has 0 saturated heterocycles. The maximum absolute atomic E-state index is 11.3. The minimum atomic E-state index is -4.49. The number of rotatable bonds is 1. The molecule has 0 saturated carbocycles. The predicted octanol–water partition coefficient (Wildman–Crippen LogP) is 1.03. The summed E-state index contributed by atoms with van der Waals surface area (Å²) in [6, 6.07) is 0. The van der Waals surface area contributed by atoms with Gasteiger partial charge in [-0.2, -0.15) is 13.2 Å². The van der Waals surface area contributed by atoms with E-state index in [9.17, 15) is 23.1 Å². The van der Waals surface area contributed by atoms with Crippen molar-refractivity contribution in [1.82, 2.24) is 4.90 Å². The SMILES string of the molecule is CN(CC(F)(F)F)C([O])=O. The van der Waals surface area contributed by atoms with E-state index in [1.807, 2.05) is 0 Å². The van der Waals surface area contributed by atoms with Crippen molar-refractivity contribution in [3.63, 3.8) is 0 Å². The third-order valence-corrected chi connectivity index (χ3v) is 0.728. The van der Waals surface area contributed by atoms with Crippen LogP contribution in [0.2, 0.25) is 0 Å². The van der Waals surface area contributed by atoms with Crippen LogP contribution in [-0.4, -0.2) is 30.8 Å². The predicted molar refractivity (Wildman–Crippen MR) is 24.8 cm³/mol. The van der Waals surface area contributed by atoms with Crippen molar-refractivity contribution in [3.05, 3.63) is 0 Å². The molecule has 0 aromatic carbocycles. The summed E-state index contributed by atoms with van der Waals surface area (Å²) in [6.07, 6.45) is -6.33. The summed E-state index contributed by atoms with van der Waals surface area (Å²) in [7, 11) is 0.794. The third-order valence-electron chi connectivity index (χ3n) is 0.728. The number of amides is 1. The highest BCUT2D eigenvalue weighted by atomic mass is 19.4. The van der Waals surface area contributed by atoms with E-state index in [1.54, 1.807) is 0 Å². The lowest BCUT2D eigenvalue weighted by Crippen LogP contribution is -2.34. The van der Waals surface area contributed by atoms with E-state index in [-0.39, 0.29) is 4.90 Å². The van der Waals surface area contributed by atoms with Gasteiger partial charge in [0.05, 0.1) is 0 Å². The van der Waals surface area contributed by atoms with Gasteiger partial charge < -0.3 is 0 Å². The highest BCUT2D eigenvalue weighted by Gasteiger charge is 2.31. The second-order valence-electron chi connectivity index (χ2n) is 1.74. The van der Waals surface area contributed by atoms with E-state index in [0.717, 1.165) is 7.05 Å². The number of halogens is 3. The lowest BCUT2D eigenvalue weighted by atomic mass is 10.6. The summed E-state index contributed by atoms with van der Waals surface area (Å²) in [5, 5.41) is 9.69. The van der Waals surface area contributed by atoms with Crippen LogP contribution >= 0.6 is 0 Å². The Morgan fingerprint density at radius 2 is 1.90 bits per heavy atom. The lowest BCUT2D eigenvalue weighted by Gasteiger charge is -2.13. The quantitative estimate of drug-likeness (QED) is 0.558. The Bertz CT molecular complexity index is 133. The molecule has 0 heterocycles. The molecule has 3 nitrogen and oxygen atoms in total. The number of hydrogen-bond donors (Lipinski definition) is 0. The van der Waals surface area contributed by atoms with Crippen molar-refractivity contribution in [2.45, 2.75) is 6.18 Å². The first kappa shape index (κ1) is 9.06. The molecule has 1 radical (unpaired) electrons. The molecule has 1 amide bonds. The molecule has 0 aliphatic carbocycles. The molecule has 0 aromatic rings. The van der Waals surface area contributed by atoms with Crippen LogP contribution in [0.4, 0.5) is 18.0 Å². The molecule has 0 fully saturated rings. The fourth-order valence-corrected chi connectivity index (χ4v) is 0.333. The van der Waals surface area contributed by atoms with Gasteiger partial charge in [0.2, 0.25) is 0 Å². The molecule has 0 rings (SSSR count). The number of hydrogen-bond acceptors (Lipinski definition) is 1. The van der Waals surface area contributed by atoms with Crippen molar-refractivity contribution in [1.29, 1.82) is 0 Å². The first-order valence-electron chi connectivity index (χ1n) is 2.32. The Morgan fingerprint density at radius 1 is 1.50 bits per heavy atom. The minimum Gasteiger partial charge on any atom is -0.299 e. The van der Waals surface area contributed by atoms with Crippen molar-refractivity contribution in [3.8, 4) is 0 Å². The molecule has 0 bridgehead atoms. The van der Waals surface area contributed by atoms with Gasteiger partial charge in [-0.3, -0.25) is 4.90 Å². The van der Waals surface area contributed by atoms with Gasteiger partial charge in [-0.25, -0.2) is 9.90 Å². The molecule has 59 valence electrons. The van der Waals surface area contributed by atoms with Crippen LogP contribution < -0.4 is 0 Å². The first-order valence-corrected chi connectivity index (χ1v) is 2.32. The van der Waals surface area contributed by atoms with Crippen LogP contribution in [-0.2, 0) is 5.11 Å². The average Bonchev–Trinajstić information content (AvgIpc) is 1.60. The summed E-state index contributed by atoms with van der Waals surface area (Å²) in [5.41, 5.74) is 0. The molecular weight excluding hydrogens is 151 g/mol. The van der Waals surface area contributed by atoms with Crippen molar-refractivity contribution >= 4 is 6.09 Å². The zero-order valence-electron chi connectivity index (χ0n) is 5.10. The third kappa shape index (κ3) is 3.99. The fourth-order valence-electron chi connectivity index (χ4n) is 0.333. The molecule has 10 heavy (non-hydrogen) atoms. The first-order chi connectivity index (χ1) is 4.33. The molecule has 6 heteroatoms. The van der Waals surface area contributed by atoms with Crippen LogP contribution in [0.5, 0.6) is 0 Å². The molecule has 0 aliphatic heterocycles. The summed E-state index contributed by atoms with van der Waals surface area (Å²) in [4.78, 5) is 9.75. The van der Waals surface area contributed by atoms with Gasteiger partial charge in [0.25, 0.3) is 0 Å². The topological polar surface area (TPSA) is 40.2 Å². The van der Waals surface area contributed by atoms with Gasteiger partial charge in [0.15, 0.2) is 0 Å². The highest BCUT2D eigenvalue weighted by Crippen LogP contribution is 2.15. The lowest BCUT2D eigenvalue weighted by molar-refractivity contribution is -0.140. The number of alkyl halides is 3. The molecule has 0 unspecified atom stereocenters. The summed E-state index contributed by atoms with van der Waals surface area (Å²) >= 11 is 0. The Balaban J connectivity index is 3.80. The van der Waals surface area contributed by atoms with Crippen LogP contribution in [0.3, 0.4) is 0 Å². The van der Waals surface area contributed by atoms with Gasteiger partial charge in [0, 0.05) is 7.05 Å². The normalized spacial score (nSPS) is 11.2. The maximum atomic E-state index is 11.3. The van der Waals surface area contributed by atoms with Crippen LogP contribution in [0.1, 0.15) is 0 Å². The Hall–Kier alpha value is -0.940. The van der Waals surface area contributed by atoms with Crippen molar-refractivity contribution in [2.75, 3.05) is 13.6 Å². The highest BCUT2D eigenvalue weighted by molar-refractivity contribution is 5.63. The zero-order valence-corrected chi connectivity index (χ0v) is 5.10. The van der Waals surface area contributed by atoms with Gasteiger partial charge in [-0.1, -0.05) is 0 Å². The fraction of sp³-hybridized carbons (Fsp3) is 0.750. The second-order valence-corrected chi connectivity index (χ2v) is 1.74. The largest absolute Gasteiger partial charge is 0.453 e. The van der Waals surface area contributed by atoms with E-state index in [0.29, 0.717) is 0 Å². The van der Waals surface area contributed by atoms with E-state index >= 15 is 0 Å². The van der Waals surface area contributed by atoms with E-state index < -0.39 is 18.8 Å². The molecule has 0 spiro atoms. The maximum Gasteiger partial charge on any atom is 0.453 e. The monoisotopic (exact) mass is 156 g/mol. The molecule has 0 aromatic heterocycles. The Labute approximate surface area is 55.0 Å². The minimum absolute atomic E-state index is 0.0556. The summed E-state index contributed by atoms with van der Waals surface area (Å²) < 4.78 is 34.0. The standard InChI is InChI=1S/C4H5F3NO2/c1-8(3(9)10)2-4(5,6)7/h2H2,1H3. The smallest absolute Gasteiger partial charge is 0.299 e. The Morgan fingerprint density at radius 3 is 2.00 bits per heavy atom. The Kier molecular flexibility index (Phi) is 2.50. The van der Waals surface area contributed by atoms with Crippen LogP contribution in [0, 0.1) is 0 Å². The van der Waals surface area contributed by atoms with E-state index in [1.165, 1.54) is 0 Å². The van der Waals surface area contributed by atoms with Gasteiger partial charge in [-0.05, 0) is 0 Å². The van der Waals surface area contributed by atoms with Crippen LogP contribution in [0.15, 0.2) is 0 Å². The second kappa shape index (κ2) is 2.76. The van der Waals surface area contributed by atoms with E-state index in [4.69, 9.17) is 0 Å². The number of carbonyl (C=O) groups is 1. The number of carbonyl (C=O) groups excluding carboxylic acids is 1. The van der Waals surface area contributed by atoms with Gasteiger partial charge in [0.1, 0.15) is 6.54 Å². The van der Waals surface area contributed by atoms with Crippen molar-refractivity contribution in [2.24, 2.45) is 0 Å². The van der Waals surface area contributed by atoms with Gasteiger partial charge >= 0.3 is 12.3 Å². The summed E-state index contributed by atoms with van der Waals surface area (Å²) in [5.74, 6) is 0. The molecule has 0 aliphatic rings. The zero-order chi connectivity index (χ0) is 8.36. The molecule has 0 N–H and O–H groups in total. The molecule has 0 atom stereocenters. The van der Waals surface area contributed by atoms with Gasteiger partial charge in [-0.15, -0.1) is 0 Å². The van der Waals surface area contributed by atoms with E-state index in [2.05, 4.69) is 0 Å². The van der Waals surface area contributed by atoms with Crippen LogP contribution in [0.25, 0.3) is 0 Å². The summed E-state index contributed by atoms with van der Waals surface area (Å²) in [6.45, 7) is -1.49. The van der Waals surface area contributed by atoms with Crippen molar-refractivity contribution < 1.29 is 23.1 Å².